The molecular formula is C63H42N6Si. The largest absolute Gasteiger partial charge is 0.309 e. The van der Waals surface area contributed by atoms with E-state index in [0.717, 1.165) is 51.7 Å². The fraction of sp³-hybridized carbons (Fsp3) is 0. The van der Waals surface area contributed by atoms with E-state index in [2.05, 4.69) is 95.6 Å². The van der Waals surface area contributed by atoms with Crippen molar-refractivity contribution in [2.45, 2.75) is 0 Å². The van der Waals surface area contributed by atoms with E-state index in [1.807, 2.05) is 54.6 Å². The van der Waals surface area contributed by atoms with Crippen molar-refractivity contribution in [1.29, 1.82) is 0 Å². The normalized spacial score (nSPS) is 15.2. The van der Waals surface area contributed by atoms with Crippen molar-refractivity contribution in [3.8, 4) is 29.0 Å². The maximum Gasteiger partial charge on any atom is 0.240 e. The fourth-order valence-corrected chi connectivity index (χ4v) is 15.1. The molecule has 328 valence electrons. The van der Waals surface area contributed by atoms with Gasteiger partial charge in [0.15, 0.2) is 13.9 Å². The van der Waals surface area contributed by atoms with Crippen LogP contribution in [0.15, 0.2) is 254 Å². The molecule has 4 heterocycles. The molecule has 0 radical (unpaired) electrons. The molecule has 0 unspecified atom stereocenters. The minimum absolute atomic E-state index is 0.169. The molecule has 0 fully saturated rings. The predicted molar refractivity (Wildman–Crippen MR) is 292 cm³/mol. The first-order valence-corrected chi connectivity index (χ1v) is 24.5. The maximum absolute atomic E-state index is 9.45. The summed E-state index contributed by atoms with van der Waals surface area (Å²) in [5.41, 5.74) is 1.03. The molecule has 14 rings (SSSR count). The van der Waals surface area contributed by atoms with Gasteiger partial charge < -0.3 is 4.57 Å². The second kappa shape index (κ2) is 16.0. The van der Waals surface area contributed by atoms with Crippen LogP contribution in [0.4, 0.5) is 0 Å². The van der Waals surface area contributed by atoms with Gasteiger partial charge in [0, 0.05) is 37.9 Å². The van der Waals surface area contributed by atoms with Crippen LogP contribution in [-0.2, 0) is 0 Å². The SMILES string of the molecule is [2H]c1c([2H])c([2H])c2c(c1[2H])c1c([2H])c([2H])c([2H])c([2H])c1n2-c1nc(-c2ccccc2-n2c3ccccc3c3ccc([Si](c4ccccc4)(c4ccccc4)c4ccccc4)cc32)nc(-n2c3c([2H])c([2H])c([2H])c([2H])c3c3c([2H])c([2H])c([2H])c([2H])c32)n1. The van der Waals surface area contributed by atoms with Crippen LogP contribution in [0.1, 0.15) is 21.9 Å². The molecule has 10 aromatic carbocycles. The Hall–Kier alpha value is -9.17. The zero-order valence-electron chi connectivity index (χ0n) is 52.7. The highest BCUT2D eigenvalue weighted by molar-refractivity contribution is 7.20. The summed E-state index contributed by atoms with van der Waals surface area (Å²) in [7, 11) is -3.17. The summed E-state index contributed by atoms with van der Waals surface area (Å²) in [4.78, 5) is 15.2. The van der Waals surface area contributed by atoms with Crippen molar-refractivity contribution in [2.75, 3.05) is 0 Å². The molecule has 4 aromatic heterocycles. The highest BCUT2D eigenvalue weighted by Gasteiger charge is 2.41. The molecule has 0 aliphatic carbocycles. The van der Waals surface area contributed by atoms with Crippen LogP contribution in [0.3, 0.4) is 0 Å². The third kappa shape index (κ3) is 5.95. The third-order valence-corrected chi connectivity index (χ3v) is 18.0. The van der Waals surface area contributed by atoms with Gasteiger partial charge in [0.25, 0.3) is 0 Å². The number of hydrogen-bond donors (Lipinski definition) is 0. The Morgan fingerprint density at radius 3 is 1.23 bits per heavy atom. The first-order chi connectivity index (χ1) is 41.4. The number of hydrogen-bond acceptors (Lipinski definition) is 3. The molecule has 0 saturated heterocycles. The lowest BCUT2D eigenvalue weighted by Gasteiger charge is -2.34. The lowest BCUT2D eigenvalue weighted by molar-refractivity contribution is 0.892. The first-order valence-electron chi connectivity index (χ1n) is 30.5. The molecule has 0 spiro atoms. The molecule has 6 nitrogen and oxygen atoms in total. The van der Waals surface area contributed by atoms with Gasteiger partial charge in [-0.25, -0.2) is 0 Å². The molecule has 70 heavy (non-hydrogen) atoms. The summed E-state index contributed by atoms with van der Waals surface area (Å²) < 4.78 is 150. The van der Waals surface area contributed by atoms with E-state index in [4.69, 9.17) is 25.9 Å². The van der Waals surface area contributed by atoms with Crippen molar-refractivity contribution >= 4 is 94.2 Å². The Bertz CT molecular complexity index is 4840. The van der Waals surface area contributed by atoms with Crippen LogP contribution in [0, 0.1) is 0 Å². The van der Waals surface area contributed by atoms with E-state index in [9.17, 15) is 11.0 Å². The zero-order valence-corrected chi connectivity index (χ0v) is 37.7. The Morgan fingerprint density at radius 1 is 0.314 bits per heavy atom. The Kier molecular flexibility index (Phi) is 6.16. The van der Waals surface area contributed by atoms with Crippen molar-refractivity contribution in [2.24, 2.45) is 0 Å². The molecule has 0 atom stereocenters. The Labute approximate surface area is 427 Å². The molecule has 0 saturated carbocycles. The fourth-order valence-electron chi connectivity index (χ4n) is 10.3. The quantitative estimate of drug-likeness (QED) is 0.113. The maximum atomic E-state index is 9.45. The van der Waals surface area contributed by atoms with Gasteiger partial charge in [-0.05, 0) is 69.2 Å². The lowest BCUT2D eigenvalue weighted by atomic mass is 10.1. The Balaban J connectivity index is 1.15. The average Bonchev–Trinajstić information content (AvgIpc) is 1.79. The predicted octanol–water partition coefficient (Wildman–Crippen LogP) is 12.2. The minimum atomic E-state index is -3.17. The number of aromatic nitrogens is 6. The van der Waals surface area contributed by atoms with Crippen molar-refractivity contribution in [3.05, 3.63) is 254 Å². The molecule has 14 aromatic rings. The van der Waals surface area contributed by atoms with Crippen LogP contribution in [-0.4, -0.2) is 36.7 Å². The topological polar surface area (TPSA) is 53.5 Å². The van der Waals surface area contributed by atoms with Crippen LogP contribution >= 0.6 is 0 Å². The number of benzene rings is 10. The van der Waals surface area contributed by atoms with Gasteiger partial charge in [0.2, 0.25) is 11.9 Å². The second-order valence-electron chi connectivity index (χ2n) is 16.8. The molecule has 0 aliphatic heterocycles. The third-order valence-electron chi connectivity index (χ3n) is 13.2. The summed E-state index contributed by atoms with van der Waals surface area (Å²) in [6.07, 6.45) is 0. The number of rotatable bonds is 8. The van der Waals surface area contributed by atoms with E-state index in [0.29, 0.717) is 11.3 Å². The molecule has 0 aliphatic rings. The molecule has 0 N–H and O–H groups in total. The summed E-state index contributed by atoms with van der Waals surface area (Å²) in [6, 6.07) is 42.5. The van der Waals surface area contributed by atoms with E-state index < -0.39 is 117 Å². The Morgan fingerprint density at radius 2 is 0.729 bits per heavy atom. The van der Waals surface area contributed by atoms with Crippen LogP contribution in [0.25, 0.3) is 94.4 Å². The standard InChI is InChI=1S/C63H42N6Si/c1-4-22-43(23-5-1)70(44-24-6-2-7-25-44,45-26-8-3-9-27-45)46-40-41-52-51-32-10-16-34-54(51)67(60(52)42-46)59-39-21-15-33-53(59)61-64-62(68-55-35-17-11-28-47(55)48-29-12-18-36-56(48)68)66-63(65-61)69-57-37-19-13-30-49(57)50-31-14-20-38-58(50)69/h1-42H/i11D,12D,13D,14D,17D,18D,19D,20D,28D,29D,30D,31D,35D,36D,37D,38D. The molecule has 0 amide bonds. The lowest BCUT2D eigenvalue weighted by Crippen LogP contribution is -2.74. The van der Waals surface area contributed by atoms with Crippen molar-refractivity contribution in [3.63, 3.8) is 0 Å². The molecular weight excluding hydrogens is 869 g/mol. The van der Waals surface area contributed by atoms with Crippen LogP contribution in [0.2, 0.25) is 0 Å². The number of nitrogens with zero attached hydrogens (tertiary/aromatic N) is 6. The highest BCUT2D eigenvalue weighted by atomic mass is 28.3. The van der Waals surface area contributed by atoms with Gasteiger partial charge >= 0.3 is 0 Å². The number of fused-ring (bicyclic) bond motifs is 9. The minimum Gasteiger partial charge on any atom is -0.309 e. The summed E-state index contributed by atoms with van der Waals surface area (Å²) in [5, 5.41) is 5.19. The van der Waals surface area contributed by atoms with Crippen molar-refractivity contribution < 1.29 is 21.9 Å². The van der Waals surface area contributed by atoms with Crippen LogP contribution < -0.4 is 20.7 Å². The van der Waals surface area contributed by atoms with Gasteiger partial charge in [0.1, 0.15) is 0 Å². The van der Waals surface area contributed by atoms with E-state index in [1.165, 1.54) is 0 Å². The average molecular weight is 927 g/mol. The summed E-state index contributed by atoms with van der Waals surface area (Å²) in [5.74, 6) is -1.14. The summed E-state index contributed by atoms with van der Waals surface area (Å²) in [6.45, 7) is 0. The van der Waals surface area contributed by atoms with Crippen LogP contribution in [0.5, 0.6) is 0 Å². The number of para-hydroxylation sites is 6. The van der Waals surface area contributed by atoms with E-state index in [1.54, 1.807) is 12.1 Å². The molecule has 7 heteroatoms. The highest BCUT2D eigenvalue weighted by Crippen LogP contribution is 2.38. The summed E-state index contributed by atoms with van der Waals surface area (Å²) >= 11 is 0. The smallest absolute Gasteiger partial charge is 0.240 e. The van der Waals surface area contributed by atoms with E-state index in [-0.39, 0.29) is 49.4 Å². The first kappa shape index (κ1) is 27.0. The van der Waals surface area contributed by atoms with Gasteiger partial charge in [0.05, 0.1) is 60.7 Å². The van der Waals surface area contributed by atoms with Gasteiger partial charge in [-0.3, -0.25) is 9.13 Å². The van der Waals surface area contributed by atoms with Crippen molar-refractivity contribution in [1.82, 2.24) is 28.7 Å². The van der Waals surface area contributed by atoms with E-state index >= 15 is 0 Å². The second-order valence-corrected chi connectivity index (χ2v) is 20.6. The zero-order chi connectivity index (χ0) is 60.1. The van der Waals surface area contributed by atoms with Gasteiger partial charge in [-0.15, -0.1) is 0 Å². The molecule has 0 bridgehead atoms. The van der Waals surface area contributed by atoms with Gasteiger partial charge in [-0.1, -0.05) is 206 Å². The van der Waals surface area contributed by atoms with Gasteiger partial charge in [-0.2, -0.15) is 15.0 Å². The monoisotopic (exact) mass is 926 g/mol.